The maximum atomic E-state index is 12.3. The molecule has 0 aliphatic carbocycles. The van der Waals surface area contributed by atoms with E-state index >= 15 is 0 Å². The van der Waals surface area contributed by atoms with Gasteiger partial charge >= 0.3 is 0 Å². The van der Waals surface area contributed by atoms with E-state index in [-0.39, 0.29) is 24.4 Å². The Hall–Kier alpha value is -1.59. The topological polar surface area (TPSA) is 70.0 Å². The monoisotopic (exact) mass is 293 g/mol. The number of carbonyl (C=O) groups is 1. The van der Waals surface area contributed by atoms with Crippen LogP contribution in [0.1, 0.15) is 32.3 Å². The van der Waals surface area contributed by atoms with E-state index < -0.39 is 6.29 Å². The lowest BCUT2D eigenvalue weighted by molar-refractivity contribution is -0.134. The van der Waals surface area contributed by atoms with Crippen molar-refractivity contribution >= 4 is 5.91 Å². The molecule has 1 unspecified atom stereocenters. The van der Waals surface area contributed by atoms with Gasteiger partial charge in [0.25, 0.3) is 0 Å². The first kappa shape index (κ1) is 15.8. The van der Waals surface area contributed by atoms with Gasteiger partial charge in [-0.1, -0.05) is 32.4 Å². The Kier molecular flexibility index (Phi) is 5.20. The third-order valence-electron chi connectivity index (χ3n) is 4.04. The first-order valence-corrected chi connectivity index (χ1v) is 7.38. The zero-order valence-electron chi connectivity index (χ0n) is 12.5. The molecule has 5 nitrogen and oxygen atoms in total. The molecule has 0 radical (unpaired) electrons. The van der Waals surface area contributed by atoms with E-state index in [9.17, 15) is 15.0 Å². The smallest absolute Gasteiger partial charge is 0.225 e. The van der Waals surface area contributed by atoms with Crippen LogP contribution in [0.2, 0.25) is 0 Å². The number of carbonyl (C=O) groups excluding carboxylic acids is 1. The van der Waals surface area contributed by atoms with Gasteiger partial charge in [0.2, 0.25) is 5.91 Å². The minimum absolute atomic E-state index is 0.0182. The van der Waals surface area contributed by atoms with Crippen molar-refractivity contribution in [2.75, 3.05) is 6.73 Å². The fraction of sp³-hybridized carbons (Fsp3) is 0.562. The SMILES string of the molecule is CCC(C)CC(=O)N1CO[C@@H](O)[C@@H]1Cc1ccc(O)cc1. The molecule has 1 fully saturated rings. The lowest BCUT2D eigenvalue weighted by Crippen LogP contribution is -2.41. The molecule has 21 heavy (non-hydrogen) atoms. The van der Waals surface area contributed by atoms with Crippen LogP contribution in [0.3, 0.4) is 0 Å². The number of aromatic hydroxyl groups is 1. The van der Waals surface area contributed by atoms with E-state index in [1.165, 1.54) is 0 Å². The number of aliphatic hydroxyl groups excluding tert-OH is 1. The second-order valence-corrected chi connectivity index (χ2v) is 5.71. The molecule has 0 bridgehead atoms. The summed E-state index contributed by atoms with van der Waals surface area (Å²) >= 11 is 0. The van der Waals surface area contributed by atoms with Crippen LogP contribution in [0.5, 0.6) is 5.75 Å². The number of hydrogen-bond donors (Lipinski definition) is 2. The summed E-state index contributed by atoms with van der Waals surface area (Å²) in [5.41, 5.74) is 0.948. The number of ether oxygens (including phenoxy) is 1. The second-order valence-electron chi connectivity index (χ2n) is 5.71. The lowest BCUT2D eigenvalue weighted by Gasteiger charge is -2.25. The van der Waals surface area contributed by atoms with E-state index in [1.54, 1.807) is 29.2 Å². The molecule has 1 aromatic carbocycles. The van der Waals surface area contributed by atoms with Crippen molar-refractivity contribution in [2.24, 2.45) is 5.92 Å². The molecule has 0 saturated carbocycles. The summed E-state index contributed by atoms with van der Waals surface area (Å²) in [6.45, 7) is 4.24. The summed E-state index contributed by atoms with van der Waals surface area (Å²) in [5.74, 6) is 0.543. The summed E-state index contributed by atoms with van der Waals surface area (Å²) in [6.07, 6.45) is 0.970. The van der Waals surface area contributed by atoms with Gasteiger partial charge in [-0.25, -0.2) is 0 Å². The Labute approximate surface area is 125 Å². The third-order valence-corrected chi connectivity index (χ3v) is 4.04. The summed E-state index contributed by atoms with van der Waals surface area (Å²) < 4.78 is 5.22. The van der Waals surface area contributed by atoms with Crippen molar-refractivity contribution in [2.45, 2.75) is 45.4 Å². The first-order valence-electron chi connectivity index (χ1n) is 7.38. The van der Waals surface area contributed by atoms with Crippen molar-refractivity contribution in [1.29, 1.82) is 0 Å². The van der Waals surface area contributed by atoms with E-state index in [1.807, 2.05) is 6.92 Å². The van der Waals surface area contributed by atoms with Crippen LogP contribution in [0.4, 0.5) is 0 Å². The molecule has 1 aliphatic heterocycles. The van der Waals surface area contributed by atoms with Gasteiger partial charge in [-0.2, -0.15) is 0 Å². The number of aliphatic hydroxyl groups is 1. The standard InChI is InChI=1S/C16H23NO4/c1-3-11(2)8-15(19)17-10-21-16(20)14(17)9-12-4-6-13(18)7-5-12/h4-7,11,14,16,18,20H,3,8-10H2,1-2H3/t11?,14-,16+/m0/s1. The highest BCUT2D eigenvalue weighted by atomic mass is 16.6. The Morgan fingerprint density at radius 3 is 2.71 bits per heavy atom. The molecule has 1 aliphatic rings. The molecule has 1 aromatic rings. The van der Waals surface area contributed by atoms with Gasteiger partial charge in [-0.15, -0.1) is 0 Å². The van der Waals surface area contributed by atoms with Crippen molar-refractivity contribution < 1.29 is 19.7 Å². The Morgan fingerprint density at radius 2 is 2.10 bits per heavy atom. The maximum Gasteiger partial charge on any atom is 0.225 e. The summed E-state index contributed by atoms with van der Waals surface area (Å²) in [4.78, 5) is 13.9. The Balaban J connectivity index is 2.04. The summed E-state index contributed by atoms with van der Waals surface area (Å²) in [5, 5.41) is 19.2. The van der Waals surface area contributed by atoms with Crippen LogP contribution in [-0.4, -0.2) is 40.1 Å². The van der Waals surface area contributed by atoms with E-state index in [0.717, 1.165) is 12.0 Å². The minimum atomic E-state index is -0.959. The molecule has 116 valence electrons. The van der Waals surface area contributed by atoms with Crippen molar-refractivity contribution in [1.82, 2.24) is 4.90 Å². The lowest BCUT2D eigenvalue weighted by atomic mass is 10.0. The number of phenols is 1. The van der Waals surface area contributed by atoms with E-state index in [0.29, 0.717) is 18.8 Å². The Bertz CT molecular complexity index is 474. The second kappa shape index (κ2) is 6.91. The minimum Gasteiger partial charge on any atom is -0.508 e. The third kappa shape index (κ3) is 3.95. The van der Waals surface area contributed by atoms with Gasteiger partial charge < -0.3 is 19.8 Å². The quantitative estimate of drug-likeness (QED) is 0.869. The van der Waals surface area contributed by atoms with Gasteiger partial charge in [0.05, 0.1) is 6.04 Å². The largest absolute Gasteiger partial charge is 0.508 e. The molecule has 2 N–H and O–H groups in total. The number of amides is 1. The highest BCUT2D eigenvalue weighted by Gasteiger charge is 2.36. The van der Waals surface area contributed by atoms with Crippen LogP contribution in [-0.2, 0) is 16.0 Å². The van der Waals surface area contributed by atoms with Crippen LogP contribution in [0, 0.1) is 5.92 Å². The molecule has 2 rings (SSSR count). The van der Waals surface area contributed by atoms with Gasteiger partial charge in [0, 0.05) is 6.42 Å². The predicted molar refractivity (Wildman–Crippen MR) is 78.5 cm³/mol. The average molecular weight is 293 g/mol. The molecular weight excluding hydrogens is 270 g/mol. The Morgan fingerprint density at radius 1 is 1.43 bits per heavy atom. The molecule has 1 heterocycles. The van der Waals surface area contributed by atoms with Crippen LogP contribution in [0.25, 0.3) is 0 Å². The van der Waals surface area contributed by atoms with Crippen molar-refractivity contribution in [3.63, 3.8) is 0 Å². The maximum absolute atomic E-state index is 12.3. The molecular formula is C16H23NO4. The van der Waals surface area contributed by atoms with Gasteiger partial charge in [0.1, 0.15) is 12.5 Å². The first-order chi connectivity index (χ1) is 10.0. The van der Waals surface area contributed by atoms with Gasteiger partial charge in [0.15, 0.2) is 6.29 Å². The van der Waals surface area contributed by atoms with Crippen LogP contribution >= 0.6 is 0 Å². The van der Waals surface area contributed by atoms with Crippen LogP contribution < -0.4 is 0 Å². The molecule has 3 atom stereocenters. The summed E-state index contributed by atoms with van der Waals surface area (Å²) in [6, 6.07) is 6.41. The van der Waals surface area contributed by atoms with E-state index in [2.05, 4.69) is 6.92 Å². The molecule has 1 amide bonds. The van der Waals surface area contributed by atoms with Crippen molar-refractivity contribution in [3.8, 4) is 5.75 Å². The average Bonchev–Trinajstić information content (AvgIpc) is 2.82. The zero-order valence-corrected chi connectivity index (χ0v) is 12.5. The summed E-state index contributed by atoms with van der Waals surface area (Å²) in [7, 11) is 0. The molecule has 0 spiro atoms. The van der Waals surface area contributed by atoms with Gasteiger partial charge in [-0.3, -0.25) is 4.79 Å². The highest BCUT2D eigenvalue weighted by molar-refractivity contribution is 5.77. The predicted octanol–water partition coefficient (Wildman–Crippen LogP) is 1.87. The van der Waals surface area contributed by atoms with Crippen LogP contribution in [0.15, 0.2) is 24.3 Å². The molecule has 1 saturated heterocycles. The van der Waals surface area contributed by atoms with Crippen molar-refractivity contribution in [3.05, 3.63) is 29.8 Å². The van der Waals surface area contributed by atoms with E-state index in [4.69, 9.17) is 4.74 Å². The number of hydrogen-bond acceptors (Lipinski definition) is 4. The fourth-order valence-electron chi connectivity index (χ4n) is 2.42. The number of phenolic OH excluding ortho intramolecular Hbond substituents is 1. The van der Waals surface area contributed by atoms with Gasteiger partial charge in [-0.05, 0) is 30.0 Å². The molecule has 5 heteroatoms. The highest BCUT2D eigenvalue weighted by Crippen LogP contribution is 2.23. The fourth-order valence-corrected chi connectivity index (χ4v) is 2.42. The zero-order chi connectivity index (χ0) is 15.4. The number of rotatable bonds is 5. The number of benzene rings is 1. The molecule has 0 aromatic heterocycles. The number of nitrogens with zero attached hydrogens (tertiary/aromatic N) is 1. The normalized spacial score (nSPS) is 23.3.